The van der Waals surface area contributed by atoms with Gasteiger partial charge in [-0.1, -0.05) is 23.5 Å². The highest BCUT2D eigenvalue weighted by Gasteiger charge is 2.18. The average Bonchev–Trinajstić information content (AvgIpc) is 3.05. The Labute approximate surface area is 183 Å². The molecule has 0 radical (unpaired) electrons. The largest absolute Gasteiger partial charge is 0.530 e. The van der Waals surface area contributed by atoms with E-state index in [1.807, 2.05) is 0 Å². The fraction of sp³-hybridized carbons (Fsp3) is 0.333. The highest BCUT2D eigenvalue weighted by molar-refractivity contribution is 7.88. The van der Waals surface area contributed by atoms with E-state index in [-0.39, 0.29) is 24.1 Å². The van der Waals surface area contributed by atoms with E-state index in [1.54, 1.807) is 24.3 Å². The highest BCUT2D eigenvalue weighted by Crippen LogP contribution is 2.24. The summed E-state index contributed by atoms with van der Waals surface area (Å²) in [5, 5.41) is 18.2. The van der Waals surface area contributed by atoms with Gasteiger partial charge in [-0.05, 0) is 30.5 Å². The average molecular weight is 469 g/mol. The van der Waals surface area contributed by atoms with E-state index in [1.165, 1.54) is 6.92 Å². The molecule has 4 N–H and O–H groups in total. The first-order valence-electron chi connectivity index (χ1n) is 9.10. The molecule has 0 spiro atoms. The van der Waals surface area contributed by atoms with Crippen LogP contribution in [0.4, 0.5) is 15.6 Å². The molecule has 0 saturated carbocycles. The van der Waals surface area contributed by atoms with Crippen molar-refractivity contribution in [1.82, 2.24) is 15.0 Å². The Morgan fingerprint density at radius 2 is 1.74 bits per heavy atom. The number of carbonyl (C=O) groups excluding carboxylic acids is 3. The van der Waals surface area contributed by atoms with Gasteiger partial charge in [-0.25, -0.2) is 18.1 Å². The molecule has 0 aliphatic rings. The van der Waals surface area contributed by atoms with Crippen molar-refractivity contribution in [2.24, 2.45) is 0 Å². The van der Waals surface area contributed by atoms with Gasteiger partial charge < -0.3 is 25.9 Å². The number of sulfonamides is 1. The summed E-state index contributed by atoms with van der Waals surface area (Å²) in [5.74, 6) is -0.742. The summed E-state index contributed by atoms with van der Waals surface area (Å²) in [6.07, 6.45) is 0.540. The van der Waals surface area contributed by atoms with Crippen LogP contribution in [0.15, 0.2) is 24.3 Å². The number of carbonyl (C=O) groups is 3. The summed E-state index contributed by atoms with van der Waals surface area (Å²) in [4.78, 5) is 39.1. The second-order valence-corrected chi connectivity index (χ2v) is 9.34. The standard InChI is InChI=1S/C18H23N5O6S2/c1-11(24)21-17-23-14(8-5-12-3-6-13(7-4-12)22-18(26)27)15(30-17)16(25)19-9-10-20-31(2,28)29/h3-4,6-7,20,22H,5,8-10H2,1-2H3,(H,19,25)(H,26,27)(H,21,23,24)/p-1. The molecular weight excluding hydrogens is 446 g/mol. The number of hydrogen-bond acceptors (Lipinski definition) is 8. The highest BCUT2D eigenvalue weighted by atomic mass is 32.2. The number of anilines is 2. The lowest BCUT2D eigenvalue weighted by molar-refractivity contribution is -0.242. The van der Waals surface area contributed by atoms with Gasteiger partial charge in [0.2, 0.25) is 15.9 Å². The molecule has 0 atom stereocenters. The number of carboxylic acid groups (broad SMARTS) is 1. The Balaban J connectivity index is 2.06. The van der Waals surface area contributed by atoms with Crippen molar-refractivity contribution in [3.8, 4) is 0 Å². The lowest BCUT2D eigenvalue weighted by Gasteiger charge is -2.08. The number of thiazole rings is 1. The summed E-state index contributed by atoms with van der Waals surface area (Å²) >= 11 is 1.03. The molecule has 0 unspecified atom stereocenters. The molecule has 11 nitrogen and oxygen atoms in total. The molecule has 0 aliphatic heterocycles. The zero-order valence-electron chi connectivity index (χ0n) is 16.9. The first-order valence-corrected chi connectivity index (χ1v) is 11.8. The Hall–Kier alpha value is -3.03. The summed E-state index contributed by atoms with van der Waals surface area (Å²) in [6.45, 7) is 1.47. The number of nitrogens with one attached hydrogen (secondary N) is 4. The second-order valence-electron chi connectivity index (χ2n) is 6.51. The van der Waals surface area contributed by atoms with Crippen LogP contribution in [-0.4, -0.2) is 50.7 Å². The van der Waals surface area contributed by atoms with E-state index in [0.717, 1.165) is 23.2 Å². The van der Waals surface area contributed by atoms with Gasteiger partial charge in [-0.2, -0.15) is 0 Å². The van der Waals surface area contributed by atoms with Gasteiger partial charge in [0.25, 0.3) is 5.91 Å². The van der Waals surface area contributed by atoms with Crippen LogP contribution in [-0.2, 0) is 27.7 Å². The third-order valence-electron chi connectivity index (χ3n) is 3.81. The normalized spacial score (nSPS) is 11.0. The van der Waals surface area contributed by atoms with E-state index in [4.69, 9.17) is 0 Å². The first-order chi connectivity index (χ1) is 14.5. The van der Waals surface area contributed by atoms with E-state index >= 15 is 0 Å². The molecule has 1 heterocycles. The Kier molecular flexibility index (Phi) is 8.47. The van der Waals surface area contributed by atoms with Crippen LogP contribution in [0.25, 0.3) is 0 Å². The topological polar surface area (TPSA) is 169 Å². The third-order valence-corrected chi connectivity index (χ3v) is 5.55. The van der Waals surface area contributed by atoms with Crippen molar-refractivity contribution in [2.45, 2.75) is 19.8 Å². The third kappa shape index (κ3) is 8.70. The van der Waals surface area contributed by atoms with Gasteiger partial charge in [0.05, 0.1) is 11.9 Å². The summed E-state index contributed by atoms with van der Waals surface area (Å²) in [5.41, 5.74) is 1.76. The molecule has 168 valence electrons. The maximum atomic E-state index is 12.5. The minimum atomic E-state index is -3.35. The van der Waals surface area contributed by atoms with Crippen LogP contribution in [0.3, 0.4) is 0 Å². The van der Waals surface area contributed by atoms with Crippen molar-refractivity contribution in [2.75, 3.05) is 30.0 Å². The zero-order chi connectivity index (χ0) is 23.0. The lowest BCUT2D eigenvalue weighted by atomic mass is 10.1. The minimum absolute atomic E-state index is 0.0451. The number of nitrogens with zero attached hydrogens (tertiary/aromatic N) is 1. The minimum Gasteiger partial charge on any atom is -0.530 e. The number of aromatic nitrogens is 1. The van der Waals surface area contributed by atoms with E-state index in [0.29, 0.717) is 29.1 Å². The molecule has 1 aromatic heterocycles. The fourth-order valence-electron chi connectivity index (χ4n) is 2.53. The molecule has 0 fully saturated rings. The fourth-order valence-corrected chi connectivity index (χ4v) is 3.98. The van der Waals surface area contributed by atoms with Crippen LogP contribution in [0, 0.1) is 0 Å². The van der Waals surface area contributed by atoms with Crippen molar-refractivity contribution < 1.29 is 27.9 Å². The molecule has 1 aromatic carbocycles. The van der Waals surface area contributed by atoms with Gasteiger partial charge >= 0.3 is 0 Å². The molecule has 0 aliphatic carbocycles. The molecule has 31 heavy (non-hydrogen) atoms. The van der Waals surface area contributed by atoms with Gasteiger partial charge in [-0.3, -0.25) is 9.59 Å². The lowest BCUT2D eigenvalue weighted by Crippen LogP contribution is -2.34. The Morgan fingerprint density at radius 3 is 2.32 bits per heavy atom. The predicted molar refractivity (Wildman–Crippen MR) is 114 cm³/mol. The van der Waals surface area contributed by atoms with E-state index in [2.05, 4.69) is 25.7 Å². The number of amides is 3. The number of rotatable bonds is 10. The number of benzene rings is 1. The maximum Gasteiger partial charge on any atom is 0.263 e. The molecular formula is C18H22N5O6S2-. The van der Waals surface area contributed by atoms with Gasteiger partial charge in [0, 0.05) is 25.7 Å². The SMILES string of the molecule is CC(=O)Nc1nc(CCc2ccc(NC(=O)[O-])cc2)c(C(=O)NCCNS(C)(=O)=O)s1. The van der Waals surface area contributed by atoms with E-state index in [9.17, 15) is 27.9 Å². The van der Waals surface area contributed by atoms with Crippen LogP contribution in [0.5, 0.6) is 0 Å². The Bertz CT molecular complexity index is 1050. The zero-order valence-corrected chi connectivity index (χ0v) is 18.5. The quantitative estimate of drug-likeness (QED) is 0.353. The van der Waals surface area contributed by atoms with E-state index < -0.39 is 22.0 Å². The van der Waals surface area contributed by atoms with Crippen LogP contribution >= 0.6 is 11.3 Å². The predicted octanol–water partition coefficient (Wildman–Crippen LogP) is -0.0791. The van der Waals surface area contributed by atoms with Crippen molar-refractivity contribution in [3.63, 3.8) is 0 Å². The van der Waals surface area contributed by atoms with Gasteiger partial charge in [0.1, 0.15) is 11.0 Å². The van der Waals surface area contributed by atoms with Crippen molar-refractivity contribution in [3.05, 3.63) is 40.4 Å². The molecule has 13 heteroatoms. The van der Waals surface area contributed by atoms with Crippen LogP contribution in [0.2, 0.25) is 0 Å². The van der Waals surface area contributed by atoms with Gasteiger partial charge in [0.15, 0.2) is 5.13 Å². The van der Waals surface area contributed by atoms with Crippen LogP contribution < -0.4 is 25.8 Å². The molecule has 2 aromatic rings. The van der Waals surface area contributed by atoms with Crippen molar-refractivity contribution >= 4 is 50.1 Å². The molecule has 0 saturated heterocycles. The monoisotopic (exact) mass is 468 g/mol. The van der Waals surface area contributed by atoms with Crippen LogP contribution in [0.1, 0.15) is 27.9 Å². The van der Waals surface area contributed by atoms with Gasteiger partial charge in [-0.15, -0.1) is 0 Å². The smallest absolute Gasteiger partial charge is 0.263 e. The summed E-state index contributed by atoms with van der Waals surface area (Å²) in [7, 11) is -3.35. The molecule has 3 amide bonds. The summed E-state index contributed by atoms with van der Waals surface area (Å²) in [6, 6.07) is 6.67. The molecule has 0 bridgehead atoms. The number of hydrogen-bond donors (Lipinski definition) is 4. The maximum absolute atomic E-state index is 12.5. The van der Waals surface area contributed by atoms with Crippen molar-refractivity contribution in [1.29, 1.82) is 0 Å². The second kappa shape index (κ2) is 10.8. The summed E-state index contributed by atoms with van der Waals surface area (Å²) < 4.78 is 24.5. The first kappa shape index (κ1) is 24.2. The number of aryl methyl sites for hydroxylation is 2. The molecule has 2 rings (SSSR count). The Morgan fingerprint density at radius 1 is 1.06 bits per heavy atom.